The molecular weight excluding hydrogens is 96.1 g/mol. The van der Waals surface area contributed by atoms with Gasteiger partial charge in [-0.05, 0) is 13.8 Å². The van der Waals surface area contributed by atoms with E-state index in [2.05, 4.69) is 26.5 Å². The lowest BCUT2D eigenvalue weighted by Gasteiger charge is -2.01. The average molecular weight is 109 g/mol. The molecule has 0 spiro atoms. The van der Waals surface area contributed by atoms with E-state index in [4.69, 9.17) is 0 Å². The third-order valence-electron chi connectivity index (χ3n) is 1.36. The summed E-state index contributed by atoms with van der Waals surface area (Å²) in [5.74, 6) is 1.26. The Morgan fingerprint density at radius 1 is 1.38 bits per heavy atom. The normalized spacial score (nSPS) is 12.2. The minimum atomic E-state index is 1.26. The first-order valence-corrected chi connectivity index (χ1v) is 2.81. The third-order valence-corrected chi connectivity index (χ3v) is 1.36. The van der Waals surface area contributed by atoms with Gasteiger partial charge in [0, 0.05) is 5.92 Å². The maximum absolute atomic E-state index is 3.65. The predicted molar refractivity (Wildman–Crippen MR) is 38.5 cm³/mol. The van der Waals surface area contributed by atoms with Gasteiger partial charge >= 0.3 is 0 Å². The Morgan fingerprint density at radius 2 is 1.88 bits per heavy atom. The van der Waals surface area contributed by atoms with Crippen LogP contribution in [0.4, 0.5) is 0 Å². The van der Waals surface area contributed by atoms with Crippen LogP contribution in [0.5, 0.6) is 0 Å². The lowest BCUT2D eigenvalue weighted by molar-refractivity contribution is 1.19. The topological polar surface area (TPSA) is 0 Å². The molecule has 0 nitrogen and oxygen atoms in total. The summed E-state index contributed by atoms with van der Waals surface area (Å²) in [5.41, 5.74) is 1.31. The highest BCUT2D eigenvalue weighted by Gasteiger charge is 1.94. The predicted octanol–water partition coefficient (Wildman–Crippen LogP) is 2.73. The van der Waals surface area contributed by atoms with E-state index in [1.165, 1.54) is 11.5 Å². The zero-order chi connectivity index (χ0) is 6.57. The molecule has 0 rings (SSSR count). The summed E-state index contributed by atoms with van der Waals surface area (Å²) in [6.45, 7) is 9.82. The van der Waals surface area contributed by atoms with Crippen LogP contribution < -0.4 is 0 Å². The molecule has 0 amide bonds. The number of hydrogen-bond acceptors (Lipinski definition) is 0. The van der Waals surface area contributed by atoms with Gasteiger partial charge in [-0.15, -0.1) is 6.58 Å². The van der Waals surface area contributed by atoms with Crippen molar-refractivity contribution < 1.29 is 0 Å². The fraction of sp³-hybridized carbons (Fsp3) is 0.375. The monoisotopic (exact) mass is 109 g/mol. The van der Waals surface area contributed by atoms with Crippen molar-refractivity contribution in [3.8, 4) is 0 Å². The lowest BCUT2D eigenvalue weighted by atomic mass is 10.0. The van der Waals surface area contributed by atoms with E-state index in [0.717, 1.165) is 0 Å². The van der Waals surface area contributed by atoms with Gasteiger partial charge in [-0.25, -0.2) is 0 Å². The fourth-order valence-electron chi connectivity index (χ4n) is 0.389. The highest BCUT2D eigenvalue weighted by molar-refractivity contribution is 5.27. The van der Waals surface area contributed by atoms with Crippen LogP contribution in [0.3, 0.4) is 0 Å². The molecule has 0 fully saturated rings. The van der Waals surface area contributed by atoms with Gasteiger partial charge in [0.2, 0.25) is 0 Å². The average Bonchev–Trinajstić information content (AvgIpc) is 1.84. The maximum atomic E-state index is 3.65. The Morgan fingerprint density at radius 3 is 2.00 bits per heavy atom. The summed E-state index contributed by atoms with van der Waals surface area (Å²) >= 11 is 0. The van der Waals surface area contributed by atoms with Crippen LogP contribution in [0.15, 0.2) is 24.3 Å². The smallest absolute Gasteiger partial charge is 0.0182 e. The Labute approximate surface area is 51.9 Å². The highest BCUT2D eigenvalue weighted by Crippen LogP contribution is 2.11. The molecule has 0 unspecified atom stereocenters. The molecule has 0 aliphatic carbocycles. The summed E-state index contributed by atoms with van der Waals surface area (Å²) in [7, 11) is 0. The Kier molecular flexibility index (Phi) is 3.25. The molecule has 0 aromatic carbocycles. The minimum absolute atomic E-state index is 1.26. The van der Waals surface area contributed by atoms with Gasteiger partial charge in [0.1, 0.15) is 0 Å². The SMILES string of the molecule is C=C[C](C)/C(C)=C\C. The Balaban J connectivity index is 3.81. The summed E-state index contributed by atoms with van der Waals surface area (Å²) in [5, 5.41) is 0. The van der Waals surface area contributed by atoms with E-state index < -0.39 is 0 Å². The van der Waals surface area contributed by atoms with Crippen molar-refractivity contribution in [1.82, 2.24) is 0 Å². The molecule has 45 valence electrons. The molecule has 8 heavy (non-hydrogen) atoms. The van der Waals surface area contributed by atoms with E-state index in [-0.39, 0.29) is 0 Å². The fourth-order valence-corrected chi connectivity index (χ4v) is 0.389. The van der Waals surface area contributed by atoms with Crippen LogP contribution in [0.1, 0.15) is 20.8 Å². The highest BCUT2D eigenvalue weighted by atomic mass is 14.0. The first-order chi connectivity index (χ1) is 3.72. The minimum Gasteiger partial charge on any atom is -0.102 e. The number of hydrogen-bond donors (Lipinski definition) is 0. The molecule has 0 heterocycles. The number of rotatable bonds is 2. The van der Waals surface area contributed by atoms with E-state index in [0.29, 0.717) is 0 Å². The second-order valence-corrected chi connectivity index (χ2v) is 1.86. The molecule has 0 aromatic rings. The van der Waals surface area contributed by atoms with E-state index in [1.54, 1.807) is 0 Å². The van der Waals surface area contributed by atoms with Gasteiger partial charge in [-0.1, -0.05) is 24.6 Å². The van der Waals surface area contributed by atoms with Gasteiger partial charge in [0.25, 0.3) is 0 Å². The third kappa shape index (κ3) is 1.97. The molecule has 0 bridgehead atoms. The molecule has 0 atom stereocenters. The second kappa shape index (κ2) is 3.48. The zero-order valence-electron chi connectivity index (χ0n) is 5.86. The quantitative estimate of drug-likeness (QED) is 0.511. The summed E-state index contributed by atoms with van der Waals surface area (Å²) < 4.78 is 0. The van der Waals surface area contributed by atoms with Crippen LogP contribution in [0.2, 0.25) is 0 Å². The van der Waals surface area contributed by atoms with E-state index in [9.17, 15) is 0 Å². The summed E-state index contributed by atoms with van der Waals surface area (Å²) in [4.78, 5) is 0. The molecular formula is C8H13. The van der Waals surface area contributed by atoms with Crippen molar-refractivity contribution in [2.45, 2.75) is 20.8 Å². The van der Waals surface area contributed by atoms with Crippen molar-refractivity contribution in [2.75, 3.05) is 0 Å². The summed E-state index contributed by atoms with van der Waals surface area (Å²) in [6, 6.07) is 0. The van der Waals surface area contributed by atoms with Crippen molar-refractivity contribution in [2.24, 2.45) is 0 Å². The molecule has 0 aromatic heterocycles. The first kappa shape index (κ1) is 7.48. The lowest BCUT2D eigenvalue weighted by Crippen LogP contribution is -1.85. The van der Waals surface area contributed by atoms with E-state index in [1.807, 2.05) is 13.0 Å². The van der Waals surface area contributed by atoms with Crippen molar-refractivity contribution in [3.05, 3.63) is 30.2 Å². The number of allylic oxidation sites excluding steroid dienone is 3. The molecule has 0 saturated carbocycles. The summed E-state index contributed by atoms with van der Waals surface area (Å²) in [6.07, 6.45) is 3.95. The van der Waals surface area contributed by atoms with Crippen LogP contribution in [-0.4, -0.2) is 0 Å². The van der Waals surface area contributed by atoms with Crippen LogP contribution >= 0.6 is 0 Å². The van der Waals surface area contributed by atoms with Gasteiger partial charge in [-0.3, -0.25) is 0 Å². The van der Waals surface area contributed by atoms with Crippen LogP contribution in [-0.2, 0) is 0 Å². The Bertz CT molecular complexity index is 98.6. The Hall–Kier alpha value is -0.520. The largest absolute Gasteiger partial charge is 0.102 e. The van der Waals surface area contributed by atoms with Gasteiger partial charge in [0.05, 0.1) is 0 Å². The molecule has 0 aliphatic rings. The molecule has 0 N–H and O–H groups in total. The molecule has 1 radical (unpaired) electrons. The van der Waals surface area contributed by atoms with Gasteiger partial charge < -0.3 is 0 Å². The molecule has 0 heteroatoms. The van der Waals surface area contributed by atoms with Crippen LogP contribution in [0.25, 0.3) is 0 Å². The van der Waals surface area contributed by atoms with Crippen molar-refractivity contribution >= 4 is 0 Å². The standard InChI is InChI=1S/C8H13/c1-5-7(3)8(4)6-2/h5-6H,1H2,2-4H3/b8-6-. The maximum Gasteiger partial charge on any atom is 0.0182 e. The van der Waals surface area contributed by atoms with Crippen LogP contribution in [0, 0.1) is 5.92 Å². The van der Waals surface area contributed by atoms with Crippen molar-refractivity contribution in [3.63, 3.8) is 0 Å². The zero-order valence-corrected chi connectivity index (χ0v) is 5.86. The van der Waals surface area contributed by atoms with Crippen molar-refractivity contribution in [1.29, 1.82) is 0 Å². The van der Waals surface area contributed by atoms with Gasteiger partial charge in [-0.2, -0.15) is 0 Å². The van der Waals surface area contributed by atoms with E-state index >= 15 is 0 Å². The second-order valence-electron chi connectivity index (χ2n) is 1.86. The van der Waals surface area contributed by atoms with Gasteiger partial charge in [0.15, 0.2) is 0 Å². The first-order valence-electron chi connectivity index (χ1n) is 2.81. The molecule has 0 aliphatic heterocycles. The molecule has 0 saturated heterocycles.